The predicted molar refractivity (Wildman–Crippen MR) is 72.4 cm³/mol. The molecule has 0 unspecified atom stereocenters. The highest BCUT2D eigenvalue weighted by Crippen LogP contribution is 2.09. The van der Waals surface area contributed by atoms with Crippen molar-refractivity contribution < 1.29 is 19.1 Å². The normalized spacial score (nSPS) is 10.0. The first kappa shape index (κ1) is 15.6. The summed E-state index contributed by atoms with van der Waals surface area (Å²) in [6.07, 6.45) is 0. The van der Waals surface area contributed by atoms with E-state index in [4.69, 9.17) is 9.47 Å². The van der Waals surface area contributed by atoms with Crippen molar-refractivity contribution in [3.8, 4) is 0 Å². The van der Waals surface area contributed by atoms with Crippen LogP contribution in [-0.4, -0.2) is 38.7 Å². The Hall–Kier alpha value is -1.44. The van der Waals surface area contributed by atoms with Crippen molar-refractivity contribution in [1.82, 2.24) is 10.9 Å². The molecule has 0 fully saturated rings. The van der Waals surface area contributed by atoms with Crippen LogP contribution in [-0.2, 0) is 14.3 Å². The van der Waals surface area contributed by atoms with E-state index in [1.165, 1.54) is 0 Å². The third-order valence-corrected chi connectivity index (χ3v) is 2.62. The Kier molecular flexibility index (Phi) is 7.09. The van der Waals surface area contributed by atoms with E-state index < -0.39 is 11.8 Å². The van der Waals surface area contributed by atoms with Crippen LogP contribution in [0.2, 0.25) is 0 Å². The zero-order valence-corrected chi connectivity index (χ0v) is 12.0. The summed E-state index contributed by atoms with van der Waals surface area (Å²) in [5.41, 5.74) is 5.00. The second kappa shape index (κ2) is 8.63. The van der Waals surface area contributed by atoms with Gasteiger partial charge in [-0.2, -0.15) is 0 Å². The molecule has 0 saturated carbocycles. The standard InChI is InChI=1S/C12H15BrN2O4/c1-18-6-7-19-8-11(16)14-15-12(17)9-2-4-10(13)5-3-9/h2-5H,6-8H2,1H3,(H,14,16)(H,15,17). The molecule has 6 nitrogen and oxygen atoms in total. The van der Waals surface area contributed by atoms with E-state index >= 15 is 0 Å². The van der Waals surface area contributed by atoms with Crippen LogP contribution in [0.15, 0.2) is 28.7 Å². The number of ether oxygens (including phenoxy) is 2. The Morgan fingerprint density at radius 1 is 1.16 bits per heavy atom. The number of hydrogen-bond acceptors (Lipinski definition) is 4. The summed E-state index contributed by atoms with van der Waals surface area (Å²) < 4.78 is 10.6. The van der Waals surface area contributed by atoms with E-state index in [-0.39, 0.29) is 6.61 Å². The molecule has 0 atom stereocenters. The average molecular weight is 331 g/mol. The topological polar surface area (TPSA) is 76.7 Å². The molecule has 1 aromatic carbocycles. The minimum atomic E-state index is -0.429. The molecule has 7 heteroatoms. The molecule has 0 aliphatic heterocycles. The summed E-state index contributed by atoms with van der Waals surface area (Å²) in [6, 6.07) is 6.76. The Morgan fingerprint density at radius 3 is 2.47 bits per heavy atom. The Morgan fingerprint density at radius 2 is 1.84 bits per heavy atom. The van der Waals surface area contributed by atoms with Gasteiger partial charge in [-0.3, -0.25) is 20.4 Å². The van der Waals surface area contributed by atoms with Crippen LogP contribution in [0.4, 0.5) is 0 Å². The van der Waals surface area contributed by atoms with Gasteiger partial charge in [-0.05, 0) is 24.3 Å². The number of carbonyl (C=O) groups excluding carboxylic acids is 2. The van der Waals surface area contributed by atoms with Crippen LogP contribution in [0.5, 0.6) is 0 Å². The molecule has 0 aliphatic carbocycles. The SMILES string of the molecule is COCCOCC(=O)NNC(=O)c1ccc(Br)cc1. The Bertz CT molecular complexity index is 422. The number of rotatable bonds is 6. The first-order chi connectivity index (χ1) is 9.13. The van der Waals surface area contributed by atoms with Crippen molar-refractivity contribution in [2.24, 2.45) is 0 Å². The highest BCUT2D eigenvalue weighted by atomic mass is 79.9. The lowest BCUT2D eigenvalue weighted by molar-refractivity contribution is -0.126. The number of hydrazine groups is 1. The summed E-state index contributed by atoms with van der Waals surface area (Å²) >= 11 is 3.27. The quantitative estimate of drug-likeness (QED) is 0.599. The van der Waals surface area contributed by atoms with Crippen LogP contribution in [0.3, 0.4) is 0 Å². The zero-order chi connectivity index (χ0) is 14.1. The molecule has 0 aliphatic rings. The third kappa shape index (κ3) is 6.32. The minimum Gasteiger partial charge on any atom is -0.382 e. The molecule has 104 valence electrons. The molecule has 1 aromatic rings. The van der Waals surface area contributed by atoms with Gasteiger partial charge in [0.15, 0.2) is 0 Å². The fourth-order valence-corrected chi connectivity index (χ4v) is 1.41. The number of methoxy groups -OCH3 is 1. The van der Waals surface area contributed by atoms with E-state index in [1.54, 1.807) is 31.4 Å². The lowest BCUT2D eigenvalue weighted by Gasteiger charge is -2.07. The van der Waals surface area contributed by atoms with Crippen LogP contribution in [0, 0.1) is 0 Å². The van der Waals surface area contributed by atoms with Gasteiger partial charge < -0.3 is 9.47 Å². The largest absolute Gasteiger partial charge is 0.382 e. The molecule has 19 heavy (non-hydrogen) atoms. The van der Waals surface area contributed by atoms with Gasteiger partial charge in [0.25, 0.3) is 11.8 Å². The van der Waals surface area contributed by atoms with Gasteiger partial charge >= 0.3 is 0 Å². The summed E-state index contributed by atoms with van der Waals surface area (Å²) in [6.45, 7) is 0.604. The smallest absolute Gasteiger partial charge is 0.269 e. The molecule has 0 saturated heterocycles. The maximum atomic E-state index is 11.6. The number of halogens is 1. The highest BCUT2D eigenvalue weighted by molar-refractivity contribution is 9.10. The summed E-state index contributed by atoms with van der Waals surface area (Å²) in [4.78, 5) is 22.9. The highest BCUT2D eigenvalue weighted by Gasteiger charge is 2.06. The maximum absolute atomic E-state index is 11.6. The molecule has 2 N–H and O–H groups in total. The van der Waals surface area contributed by atoms with E-state index in [0.29, 0.717) is 18.8 Å². The molecule has 0 bridgehead atoms. The van der Waals surface area contributed by atoms with E-state index in [1.807, 2.05) is 0 Å². The van der Waals surface area contributed by atoms with Crippen molar-refractivity contribution in [1.29, 1.82) is 0 Å². The van der Waals surface area contributed by atoms with Crippen molar-refractivity contribution in [3.05, 3.63) is 34.3 Å². The zero-order valence-electron chi connectivity index (χ0n) is 10.4. The molecular formula is C12H15BrN2O4. The number of amides is 2. The van der Waals surface area contributed by atoms with E-state index in [9.17, 15) is 9.59 Å². The van der Waals surface area contributed by atoms with Crippen LogP contribution in [0.25, 0.3) is 0 Å². The second-order valence-corrected chi connectivity index (χ2v) is 4.47. The first-order valence-electron chi connectivity index (χ1n) is 5.55. The minimum absolute atomic E-state index is 0.135. The van der Waals surface area contributed by atoms with Crippen LogP contribution < -0.4 is 10.9 Å². The third-order valence-electron chi connectivity index (χ3n) is 2.09. The molecule has 0 heterocycles. The van der Waals surface area contributed by atoms with Crippen LogP contribution in [0.1, 0.15) is 10.4 Å². The van der Waals surface area contributed by atoms with Crippen molar-refractivity contribution in [2.45, 2.75) is 0 Å². The van der Waals surface area contributed by atoms with Crippen molar-refractivity contribution in [3.63, 3.8) is 0 Å². The maximum Gasteiger partial charge on any atom is 0.269 e. The number of benzene rings is 1. The second-order valence-electron chi connectivity index (χ2n) is 3.55. The van der Waals surface area contributed by atoms with E-state index in [2.05, 4.69) is 26.8 Å². The molecular weight excluding hydrogens is 316 g/mol. The molecule has 0 aromatic heterocycles. The predicted octanol–water partition coefficient (Wildman–Crippen LogP) is 0.873. The fraction of sp³-hybridized carbons (Fsp3) is 0.333. The lowest BCUT2D eigenvalue weighted by atomic mass is 10.2. The average Bonchev–Trinajstić information content (AvgIpc) is 2.42. The van der Waals surface area contributed by atoms with Crippen molar-refractivity contribution >= 4 is 27.7 Å². The summed E-state index contributed by atoms with van der Waals surface area (Å²) in [7, 11) is 1.54. The first-order valence-corrected chi connectivity index (χ1v) is 6.34. The van der Waals surface area contributed by atoms with Gasteiger partial charge in [0.05, 0.1) is 13.2 Å². The van der Waals surface area contributed by atoms with Gasteiger partial charge in [0.1, 0.15) is 6.61 Å². The van der Waals surface area contributed by atoms with Gasteiger partial charge in [0.2, 0.25) is 0 Å². The van der Waals surface area contributed by atoms with Gasteiger partial charge in [-0.1, -0.05) is 15.9 Å². The van der Waals surface area contributed by atoms with E-state index in [0.717, 1.165) is 4.47 Å². The molecule has 1 rings (SSSR count). The molecule has 0 radical (unpaired) electrons. The fourth-order valence-electron chi connectivity index (χ4n) is 1.14. The monoisotopic (exact) mass is 330 g/mol. The lowest BCUT2D eigenvalue weighted by Crippen LogP contribution is -2.43. The Labute approximate surface area is 119 Å². The van der Waals surface area contributed by atoms with Crippen LogP contribution >= 0.6 is 15.9 Å². The van der Waals surface area contributed by atoms with Crippen molar-refractivity contribution in [2.75, 3.05) is 26.9 Å². The summed E-state index contributed by atoms with van der Waals surface area (Å²) in [5, 5.41) is 0. The van der Waals surface area contributed by atoms with Gasteiger partial charge in [0, 0.05) is 17.1 Å². The number of nitrogens with one attached hydrogen (secondary N) is 2. The number of hydrogen-bond donors (Lipinski definition) is 2. The summed E-state index contributed by atoms with van der Waals surface area (Å²) in [5.74, 6) is -0.820. The Balaban J connectivity index is 2.26. The van der Waals surface area contributed by atoms with Gasteiger partial charge in [-0.15, -0.1) is 0 Å². The van der Waals surface area contributed by atoms with Gasteiger partial charge in [-0.25, -0.2) is 0 Å². The molecule has 2 amide bonds. The molecule has 0 spiro atoms. The number of carbonyl (C=O) groups is 2.